The van der Waals surface area contributed by atoms with Crippen molar-refractivity contribution in [2.45, 2.75) is 25.7 Å². The summed E-state index contributed by atoms with van der Waals surface area (Å²) in [6, 6.07) is 8.78. The van der Waals surface area contributed by atoms with Gasteiger partial charge in [-0.05, 0) is 23.5 Å². The standard InChI is InChI=1S/C14H16N2.ClH/c1-2-10-7-11-5-3-4-6-12(11)14(10)13-8-15-9-16-13;/h3-6,8-10,14H,2,7H2,1H3,(H,15,16);1H. The van der Waals surface area contributed by atoms with Crippen LogP contribution in [0, 0.1) is 5.92 Å². The Morgan fingerprint density at radius 3 is 2.88 bits per heavy atom. The highest BCUT2D eigenvalue weighted by molar-refractivity contribution is 5.85. The van der Waals surface area contributed by atoms with E-state index in [-0.39, 0.29) is 12.4 Å². The van der Waals surface area contributed by atoms with Crippen LogP contribution in [0.5, 0.6) is 0 Å². The molecular weight excluding hydrogens is 232 g/mol. The average molecular weight is 249 g/mol. The van der Waals surface area contributed by atoms with E-state index in [1.807, 2.05) is 6.20 Å². The van der Waals surface area contributed by atoms with Gasteiger partial charge in [-0.3, -0.25) is 0 Å². The first-order chi connectivity index (χ1) is 7.90. The number of halogens is 1. The zero-order chi connectivity index (χ0) is 11.0. The molecule has 0 spiro atoms. The predicted octanol–water partition coefficient (Wildman–Crippen LogP) is 3.55. The van der Waals surface area contributed by atoms with E-state index < -0.39 is 0 Å². The molecule has 3 rings (SSSR count). The number of H-pyrrole nitrogens is 1. The lowest BCUT2D eigenvalue weighted by Gasteiger charge is -2.16. The van der Waals surface area contributed by atoms with E-state index in [9.17, 15) is 0 Å². The molecule has 1 aromatic heterocycles. The van der Waals surface area contributed by atoms with Gasteiger partial charge in [0.1, 0.15) is 0 Å². The van der Waals surface area contributed by atoms with E-state index in [1.54, 1.807) is 6.33 Å². The number of hydrogen-bond donors (Lipinski definition) is 1. The molecule has 1 aromatic carbocycles. The van der Waals surface area contributed by atoms with Crippen LogP contribution in [0.1, 0.15) is 36.1 Å². The molecule has 0 fully saturated rings. The van der Waals surface area contributed by atoms with Crippen molar-refractivity contribution in [2.24, 2.45) is 5.92 Å². The maximum absolute atomic E-state index is 4.44. The second kappa shape index (κ2) is 4.92. The van der Waals surface area contributed by atoms with Crippen LogP contribution < -0.4 is 0 Å². The lowest BCUT2D eigenvalue weighted by Crippen LogP contribution is -2.08. The van der Waals surface area contributed by atoms with Crippen molar-refractivity contribution >= 4 is 12.4 Å². The van der Waals surface area contributed by atoms with Crippen LogP contribution in [-0.2, 0) is 6.42 Å². The summed E-state index contributed by atoms with van der Waals surface area (Å²) >= 11 is 0. The van der Waals surface area contributed by atoms with E-state index in [2.05, 4.69) is 41.2 Å². The molecule has 1 aliphatic rings. The van der Waals surface area contributed by atoms with Crippen LogP contribution in [0.3, 0.4) is 0 Å². The number of imidazole rings is 1. The summed E-state index contributed by atoms with van der Waals surface area (Å²) in [7, 11) is 0. The van der Waals surface area contributed by atoms with E-state index >= 15 is 0 Å². The molecule has 0 bridgehead atoms. The van der Waals surface area contributed by atoms with Gasteiger partial charge in [-0.1, -0.05) is 37.6 Å². The monoisotopic (exact) mass is 248 g/mol. The van der Waals surface area contributed by atoms with Crippen molar-refractivity contribution in [3.8, 4) is 0 Å². The number of benzene rings is 1. The van der Waals surface area contributed by atoms with Crippen molar-refractivity contribution in [3.63, 3.8) is 0 Å². The maximum atomic E-state index is 4.44. The topological polar surface area (TPSA) is 28.7 Å². The normalized spacial score (nSPS) is 21.9. The predicted molar refractivity (Wildman–Crippen MR) is 71.6 cm³/mol. The molecule has 0 aliphatic heterocycles. The zero-order valence-electron chi connectivity index (χ0n) is 9.89. The van der Waals surface area contributed by atoms with Gasteiger partial charge in [0.05, 0.1) is 12.0 Å². The zero-order valence-corrected chi connectivity index (χ0v) is 10.7. The summed E-state index contributed by atoms with van der Waals surface area (Å²) in [6.07, 6.45) is 6.23. The summed E-state index contributed by atoms with van der Waals surface area (Å²) in [4.78, 5) is 7.51. The van der Waals surface area contributed by atoms with Gasteiger partial charge in [0, 0.05) is 12.1 Å². The second-order valence-corrected chi connectivity index (χ2v) is 4.54. The molecule has 17 heavy (non-hydrogen) atoms. The van der Waals surface area contributed by atoms with Gasteiger partial charge in [0.25, 0.3) is 0 Å². The van der Waals surface area contributed by atoms with Crippen molar-refractivity contribution in [1.82, 2.24) is 9.97 Å². The van der Waals surface area contributed by atoms with E-state index in [1.165, 1.54) is 29.7 Å². The van der Waals surface area contributed by atoms with Gasteiger partial charge < -0.3 is 4.98 Å². The van der Waals surface area contributed by atoms with Gasteiger partial charge in [0.2, 0.25) is 0 Å². The van der Waals surface area contributed by atoms with Gasteiger partial charge in [-0.15, -0.1) is 12.4 Å². The molecule has 3 heteroatoms. The minimum Gasteiger partial charge on any atom is -0.351 e. The molecule has 0 amide bonds. The summed E-state index contributed by atoms with van der Waals surface area (Å²) in [5.74, 6) is 1.20. The first kappa shape index (κ1) is 12.2. The van der Waals surface area contributed by atoms with Crippen LogP contribution in [0.4, 0.5) is 0 Å². The quantitative estimate of drug-likeness (QED) is 0.865. The fourth-order valence-corrected chi connectivity index (χ4v) is 2.90. The highest BCUT2D eigenvalue weighted by Gasteiger charge is 2.33. The SMILES string of the molecule is CCC1Cc2ccccc2C1c1c[nH]cn1.Cl. The smallest absolute Gasteiger partial charge is 0.0923 e. The molecule has 0 saturated heterocycles. The Morgan fingerprint density at radius 1 is 1.35 bits per heavy atom. The molecule has 1 aliphatic carbocycles. The molecule has 0 saturated carbocycles. The second-order valence-electron chi connectivity index (χ2n) is 4.54. The molecule has 1 N–H and O–H groups in total. The number of rotatable bonds is 2. The number of nitrogens with one attached hydrogen (secondary N) is 1. The molecule has 1 heterocycles. The molecule has 2 atom stereocenters. The number of aromatic nitrogens is 2. The average Bonchev–Trinajstić information content (AvgIpc) is 2.94. The van der Waals surface area contributed by atoms with Gasteiger partial charge >= 0.3 is 0 Å². The lowest BCUT2D eigenvalue weighted by molar-refractivity contribution is 0.482. The van der Waals surface area contributed by atoms with Gasteiger partial charge in [-0.25, -0.2) is 4.98 Å². The maximum Gasteiger partial charge on any atom is 0.0923 e. The van der Waals surface area contributed by atoms with Crippen molar-refractivity contribution in [2.75, 3.05) is 0 Å². The van der Waals surface area contributed by atoms with Gasteiger partial charge in [0.15, 0.2) is 0 Å². The molecule has 2 unspecified atom stereocenters. The highest BCUT2D eigenvalue weighted by Crippen LogP contribution is 2.42. The number of fused-ring (bicyclic) bond motifs is 1. The minimum absolute atomic E-state index is 0. The highest BCUT2D eigenvalue weighted by atomic mass is 35.5. The van der Waals surface area contributed by atoms with Crippen LogP contribution in [-0.4, -0.2) is 9.97 Å². The Bertz CT molecular complexity index is 479. The van der Waals surface area contributed by atoms with Crippen LogP contribution >= 0.6 is 12.4 Å². The van der Waals surface area contributed by atoms with Crippen LogP contribution in [0.2, 0.25) is 0 Å². The molecule has 2 aromatic rings. The van der Waals surface area contributed by atoms with Crippen LogP contribution in [0.25, 0.3) is 0 Å². The largest absolute Gasteiger partial charge is 0.351 e. The molecule has 0 radical (unpaired) electrons. The summed E-state index contributed by atoms with van der Waals surface area (Å²) in [5, 5.41) is 0. The van der Waals surface area contributed by atoms with E-state index in [4.69, 9.17) is 0 Å². The van der Waals surface area contributed by atoms with Crippen molar-refractivity contribution in [1.29, 1.82) is 0 Å². The fourth-order valence-electron chi connectivity index (χ4n) is 2.90. The number of nitrogens with zero attached hydrogens (tertiary/aromatic N) is 1. The van der Waals surface area contributed by atoms with E-state index in [0.29, 0.717) is 11.8 Å². The Kier molecular flexibility index (Phi) is 3.53. The molecular formula is C14H17ClN2. The molecule has 2 nitrogen and oxygen atoms in total. The number of hydrogen-bond acceptors (Lipinski definition) is 1. The summed E-state index contributed by atoms with van der Waals surface area (Å²) < 4.78 is 0. The van der Waals surface area contributed by atoms with E-state index in [0.717, 1.165) is 0 Å². The Labute approximate surface area is 108 Å². The fraction of sp³-hybridized carbons (Fsp3) is 0.357. The first-order valence-corrected chi connectivity index (χ1v) is 5.96. The Morgan fingerprint density at radius 2 is 2.18 bits per heavy atom. The lowest BCUT2D eigenvalue weighted by atomic mass is 9.88. The summed E-state index contributed by atoms with van der Waals surface area (Å²) in [6.45, 7) is 2.27. The minimum atomic E-state index is 0. The summed E-state index contributed by atoms with van der Waals surface area (Å²) in [5.41, 5.74) is 4.17. The third-order valence-corrected chi connectivity index (χ3v) is 3.71. The van der Waals surface area contributed by atoms with Gasteiger partial charge in [-0.2, -0.15) is 0 Å². The van der Waals surface area contributed by atoms with Crippen molar-refractivity contribution in [3.05, 3.63) is 53.6 Å². The molecule has 90 valence electrons. The Hall–Kier alpha value is -1.28. The third kappa shape index (κ3) is 1.98. The first-order valence-electron chi connectivity index (χ1n) is 5.96. The number of aromatic amines is 1. The third-order valence-electron chi connectivity index (χ3n) is 3.71. The van der Waals surface area contributed by atoms with Crippen molar-refractivity contribution < 1.29 is 0 Å². The van der Waals surface area contributed by atoms with Crippen LogP contribution in [0.15, 0.2) is 36.8 Å². The Balaban J connectivity index is 0.00000108.